The summed E-state index contributed by atoms with van der Waals surface area (Å²) in [6, 6.07) is 3.92. The van der Waals surface area contributed by atoms with Crippen LogP contribution in [0.25, 0.3) is 0 Å². The van der Waals surface area contributed by atoms with Crippen molar-refractivity contribution in [2.45, 2.75) is 45.1 Å². The second-order valence-electron chi connectivity index (χ2n) is 5.64. The minimum Gasteiger partial charge on any atom is -0.277 e. The van der Waals surface area contributed by atoms with Crippen LogP contribution in [0.2, 0.25) is 0 Å². The number of halogens is 1. The first-order valence-corrected chi connectivity index (χ1v) is 8.26. The summed E-state index contributed by atoms with van der Waals surface area (Å²) in [4.78, 5) is 27.0. The van der Waals surface area contributed by atoms with E-state index in [0.29, 0.717) is 19.4 Å². The molecule has 2 aliphatic rings. The van der Waals surface area contributed by atoms with Crippen molar-refractivity contribution < 1.29 is 9.59 Å². The second-order valence-corrected chi connectivity index (χ2v) is 8.19. The van der Waals surface area contributed by atoms with Gasteiger partial charge in [0.25, 0.3) is 0 Å². The molecule has 0 bridgehead atoms. The number of imide groups is 1. The number of amides is 2. The molecule has 1 aromatic rings. The molecule has 5 heteroatoms. The molecular formula is C14H16BrNO2S. The average molecular weight is 342 g/mol. The number of thiophene rings is 1. The smallest absolute Gasteiger partial charge is 0.230 e. The fourth-order valence-electron chi connectivity index (χ4n) is 3.28. The lowest BCUT2D eigenvalue weighted by atomic mass is 9.76. The molecule has 2 fully saturated rings. The zero-order chi connectivity index (χ0) is 13.5. The van der Waals surface area contributed by atoms with Gasteiger partial charge in [0.2, 0.25) is 11.8 Å². The largest absolute Gasteiger partial charge is 0.277 e. The van der Waals surface area contributed by atoms with Crippen molar-refractivity contribution in [3.63, 3.8) is 0 Å². The van der Waals surface area contributed by atoms with Crippen LogP contribution in [0, 0.1) is 5.41 Å². The van der Waals surface area contributed by atoms with E-state index in [2.05, 4.69) is 15.9 Å². The highest BCUT2D eigenvalue weighted by Gasteiger charge is 2.44. The molecule has 1 saturated carbocycles. The summed E-state index contributed by atoms with van der Waals surface area (Å²) >= 11 is 4.99. The Hall–Kier alpha value is -0.680. The van der Waals surface area contributed by atoms with Gasteiger partial charge in [-0.3, -0.25) is 14.5 Å². The standard InChI is InChI=1S/C14H16BrNO2S/c15-11-4-3-10(19-11)9-16-12(17)7-14(8-13(16)18)5-1-2-6-14/h3-4H,1-2,5-9H2. The minimum absolute atomic E-state index is 0.000694. The van der Waals surface area contributed by atoms with Crippen LogP contribution in [0.5, 0.6) is 0 Å². The maximum atomic E-state index is 12.3. The molecule has 0 unspecified atom stereocenters. The molecule has 0 N–H and O–H groups in total. The molecule has 102 valence electrons. The number of piperidine rings is 1. The molecule has 3 nitrogen and oxygen atoms in total. The number of hydrogen-bond donors (Lipinski definition) is 0. The van der Waals surface area contributed by atoms with Crippen LogP contribution in [0.4, 0.5) is 0 Å². The minimum atomic E-state index is 0.000694. The summed E-state index contributed by atoms with van der Waals surface area (Å²) < 4.78 is 1.03. The Morgan fingerprint density at radius 2 is 1.79 bits per heavy atom. The van der Waals surface area contributed by atoms with Crippen molar-refractivity contribution >= 4 is 39.1 Å². The van der Waals surface area contributed by atoms with Gasteiger partial charge >= 0.3 is 0 Å². The molecular weight excluding hydrogens is 326 g/mol. The zero-order valence-electron chi connectivity index (χ0n) is 10.7. The molecule has 2 heterocycles. The van der Waals surface area contributed by atoms with Crippen LogP contribution < -0.4 is 0 Å². The second kappa shape index (κ2) is 5.02. The Balaban J connectivity index is 1.73. The van der Waals surface area contributed by atoms with Gasteiger partial charge in [-0.25, -0.2) is 0 Å². The average Bonchev–Trinajstić information content (AvgIpc) is 2.94. The zero-order valence-corrected chi connectivity index (χ0v) is 13.1. The highest BCUT2D eigenvalue weighted by atomic mass is 79.9. The van der Waals surface area contributed by atoms with Crippen LogP contribution >= 0.6 is 27.3 Å². The van der Waals surface area contributed by atoms with Gasteiger partial charge in [-0.15, -0.1) is 11.3 Å². The highest BCUT2D eigenvalue weighted by Crippen LogP contribution is 2.47. The van der Waals surface area contributed by atoms with E-state index in [9.17, 15) is 9.59 Å². The summed E-state index contributed by atoms with van der Waals surface area (Å²) in [5.41, 5.74) is 0.000694. The number of carbonyl (C=O) groups excluding carboxylic acids is 2. The Morgan fingerprint density at radius 1 is 1.16 bits per heavy atom. The van der Waals surface area contributed by atoms with Crippen molar-refractivity contribution in [3.05, 3.63) is 20.8 Å². The van der Waals surface area contributed by atoms with Gasteiger partial charge in [-0.05, 0) is 46.3 Å². The van der Waals surface area contributed by atoms with Gasteiger partial charge < -0.3 is 0 Å². The van der Waals surface area contributed by atoms with Crippen molar-refractivity contribution in [2.24, 2.45) is 5.41 Å². The fourth-order valence-corrected chi connectivity index (χ4v) is 4.75. The first-order valence-electron chi connectivity index (χ1n) is 6.65. The fraction of sp³-hybridized carbons (Fsp3) is 0.571. The summed E-state index contributed by atoms with van der Waals surface area (Å²) in [6.45, 7) is 0.435. The van der Waals surface area contributed by atoms with E-state index in [0.717, 1.165) is 21.5 Å². The Labute approximate surface area is 125 Å². The number of rotatable bonds is 2. The molecule has 1 saturated heterocycles. The van der Waals surface area contributed by atoms with E-state index in [1.54, 1.807) is 11.3 Å². The molecule has 1 aliphatic carbocycles. The van der Waals surface area contributed by atoms with Crippen LogP contribution in [-0.2, 0) is 16.1 Å². The summed E-state index contributed by atoms with van der Waals surface area (Å²) in [6.07, 6.45) is 5.54. The molecule has 1 spiro atoms. The number of hydrogen-bond acceptors (Lipinski definition) is 3. The Bertz CT molecular complexity index is 499. The molecule has 1 aliphatic heterocycles. The van der Waals surface area contributed by atoms with Gasteiger partial charge in [0.15, 0.2) is 0 Å². The van der Waals surface area contributed by atoms with Gasteiger partial charge in [-0.1, -0.05) is 12.8 Å². The predicted molar refractivity (Wildman–Crippen MR) is 77.7 cm³/mol. The monoisotopic (exact) mass is 341 g/mol. The molecule has 19 heavy (non-hydrogen) atoms. The van der Waals surface area contributed by atoms with Crippen LogP contribution in [0.15, 0.2) is 15.9 Å². The van der Waals surface area contributed by atoms with Crippen molar-refractivity contribution in [1.29, 1.82) is 0 Å². The van der Waals surface area contributed by atoms with Crippen LogP contribution in [0.3, 0.4) is 0 Å². The molecule has 1 aromatic heterocycles. The van der Waals surface area contributed by atoms with Crippen molar-refractivity contribution in [2.75, 3.05) is 0 Å². The lowest BCUT2D eigenvalue weighted by Gasteiger charge is -2.37. The van der Waals surface area contributed by atoms with Gasteiger partial charge in [0, 0.05) is 17.7 Å². The SMILES string of the molecule is O=C1CC2(CCCC2)CC(=O)N1Cc1ccc(Br)s1. The molecule has 0 radical (unpaired) electrons. The Kier molecular flexibility index (Phi) is 3.52. The normalized spacial score (nSPS) is 22.5. The van der Waals surface area contributed by atoms with Crippen LogP contribution in [-0.4, -0.2) is 16.7 Å². The number of carbonyl (C=O) groups is 2. The lowest BCUT2D eigenvalue weighted by Crippen LogP contribution is -2.46. The summed E-state index contributed by atoms with van der Waals surface area (Å²) in [7, 11) is 0. The van der Waals surface area contributed by atoms with Gasteiger partial charge in [0.1, 0.15) is 0 Å². The first kappa shape index (κ1) is 13.3. The lowest BCUT2D eigenvalue weighted by molar-refractivity contribution is -0.154. The molecule has 0 aromatic carbocycles. The summed E-state index contributed by atoms with van der Waals surface area (Å²) in [5, 5.41) is 0. The number of likely N-dealkylation sites (tertiary alicyclic amines) is 1. The van der Waals surface area contributed by atoms with Crippen molar-refractivity contribution in [3.8, 4) is 0 Å². The third-order valence-corrected chi connectivity index (χ3v) is 5.87. The van der Waals surface area contributed by atoms with Crippen LogP contribution in [0.1, 0.15) is 43.4 Å². The summed E-state index contributed by atoms with van der Waals surface area (Å²) in [5.74, 6) is 0.0327. The Morgan fingerprint density at radius 3 is 2.32 bits per heavy atom. The first-order chi connectivity index (χ1) is 9.08. The predicted octanol–water partition coefficient (Wildman–Crippen LogP) is 3.72. The third-order valence-electron chi connectivity index (χ3n) is 4.26. The van der Waals surface area contributed by atoms with E-state index in [4.69, 9.17) is 0 Å². The number of nitrogens with zero attached hydrogens (tertiary/aromatic N) is 1. The molecule has 3 rings (SSSR count). The quantitative estimate of drug-likeness (QED) is 0.768. The maximum absolute atomic E-state index is 12.3. The third kappa shape index (κ3) is 2.63. The topological polar surface area (TPSA) is 37.4 Å². The van der Waals surface area contributed by atoms with E-state index in [1.807, 2.05) is 12.1 Å². The van der Waals surface area contributed by atoms with Crippen molar-refractivity contribution in [1.82, 2.24) is 4.90 Å². The van der Waals surface area contributed by atoms with Gasteiger partial charge in [-0.2, -0.15) is 0 Å². The molecule has 2 amide bonds. The van der Waals surface area contributed by atoms with E-state index >= 15 is 0 Å². The van der Waals surface area contributed by atoms with E-state index in [-0.39, 0.29) is 17.2 Å². The van der Waals surface area contributed by atoms with Gasteiger partial charge in [0.05, 0.1) is 10.3 Å². The highest BCUT2D eigenvalue weighted by molar-refractivity contribution is 9.11. The van der Waals surface area contributed by atoms with E-state index < -0.39 is 0 Å². The maximum Gasteiger partial charge on any atom is 0.230 e. The molecule has 0 atom stereocenters. The van der Waals surface area contributed by atoms with E-state index in [1.165, 1.54) is 17.7 Å².